The van der Waals surface area contributed by atoms with Crippen LogP contribution in [0.15, 0.2) is 35.2 Å². The van der Waals surface area contributed by atoms with E-state index in [1.165, 1.54) is 13.2 Å². The number of carbonyl (C=O) groups is 2. The number of amides is 1. The highest BCUT2D eigenvalue weighted by molar-refractivity contribution is 7.89. The van der Waals surface area contributed by atoms with Gasteiger partial charge >= 0.3 is 0 Å². The average Bonchev–Trinajstić information content (AvgIpc) is 2.87. The third kappa shape index (κ3) is 7.42. The Kier molecular flexibility index (Phi) is 12.3. The predicted molar refractivity (Wildman–Crippen MR) is 146 cm³/mol. The summed E-state index contributed by atoms with van der Waals surface area (Å²) in [6, 6.07) is 9.29. The monoisotopic (exact) mass is 517 g/mol. The molecular formula is C29H43NO5S. The molecule has 200 valence electrons. The largest absolute Gasteiger partial charge is 0.495 e. The number of carbonyl (C=O) groups excluding carboxylic acids is 2. The van der Waals surface area contributed by atoms with E-state index in [9.17, 15) is 18.0 Å². The van der Waals surface area contributed by atoms with Crippen molar-refractivity contribution >= 4 is 21.7 Å². The van der Waals surface area contributed by atoms with Gasteiger partial charge < -0.3 is 4.74 Å². The van der Waals surface area contributed by atoms with Crippen molar-refractivity contribution in [3.63, 3.8) is 0 Å². The molecule has 7 heteroatoms. The SMILES string of the molecule is CC.CCC(=O)CN(C(=O)C(CC)Cc1cc(C)ccc1CC)S(=O)(=O)c1cc(C)c(C)cc1OC. The second kappa shape index (κ2) is 14.2. The third-order valence-electron chi connectivity index (χ3n) is 6.36. The maximum absolute atomic E-state index is 13.8. The Bertz CT molecular complexity index is 1150. The van der Waals surface area contributed by atoms with Gasteiger partial charge in [-0.05, 0) is 74.4 Å². The van der Waals surface area contributed by atoms with E-state index < -0.39 is 28.4 Å². The van der Waals surface area contributed by atoms with Gasteiger partial charge in [-0.1, -0.05) is 58.4 Å². The minimum atomic E-state index is -4.32. The number of aryl methyl sites for hydroxylation is 4. The van der Waals surface area contributed by atoms with Gasteiger partial charge in [0.25, 0.3) is 10.0 Å². The van der Waals surface area contributed by atoms with Crippen molar-refractivity contribution in [1.82, 2.24) is 4.31 Å². The summed E-state index contributed by atoms with van der Waals surface area (Å²) in [5.41, 5.74) is 4.88. The molecule has 0 spiro atoms. The van der Waals surface area contributed by atoms with E-state index in [-0.39, 0.29) is 22.8 Å². The number of Topliss-reactive ketones (excluding diaryl/α,β-unsaturated/α-hetero) is 1. The van der Waals surface area contributed by atoms with Crippen molar-refractivity contribution in [2.24, 2.45) is 5.92 Å². The van der Waals surface area contributed by atoms with E-state index in [1.807, 2.05) is 40.7 Å². The molecule has 1 atom stereocenters. The highest BCUT2D eigenvalue weighted by Gasteiger charge is 2.36. The van der Waals surface area contributed by atoms with Gasteiger partial charge in [0.15, 0.2) is 5.78 Å². The summed E-state index contributed by atoms with van der Waals surface area (Å²) in [4.78, 5) is 26.0. The molecule has 0 bridgehead atoms. The normalized spacial score (nSPS) is 11.8. The standard InChI is InChI=1S/C27H37NO5S.C2H6/c1-8-21-12-11-18(4)13-23(21)16-22(9-2)27(30)28(17-24(29)10-3)34(31,32)26-15-20(6)19(5)14-25(26)33-7;1-2/h11-15,22H,8-10,16-17H2,1-7H3;1-2H3. The molecule has 1 amide bonds. The van der Waals surface area contributed by atoms with Gasteiger partial charge in [-0.25, -0.2) is 12.7 Å². The van der Waals surface area contributed by atoms with Crippen LogP contribution < -0.4 is 4.74 Å². The maximum atomic E-state index is 13.8. The first-order valence-electron chi connectivity index (χ1n) is 12.8. The second-order valence-corrected chi connectivity index (χ2v) is 10.6. The van der Waals surface area contributed by atoms with Crippen LogP contribution in [0.3, 0.4) is 0 Å². The zero-order valence-corrected chi connectivity index (χ0v) is 24.2. The Labute approximate surface area is 218 Å². The molecule has 0 aliphatic heterocycles. The molecule has 0 aliphatic rings. The Morgan fingerprint density at radius 2 is 1.56 bits per heavy atom. The number of methoxy groups -OCH3 is 1. The van der Waals surface area contributed by atoms with Gasteiger partial charge in [-0.3, -0.25) is 9.59 Å². The van der Waals surface area contributed by atoms with E-state index in [4.69, 9.17) is 4.74 Å². The topological polar surface area (TPSA) is 80.8 Å². The molecule has 2 aromatic carbocycles. The number of hydrogen-bond acceptors (Lipinski definition) is 5. The number of nitrogens with zero attached hydrogens (tertiary/aromatic N) is 1. The van der Waals surface area contributed by atoms with Gasteiger partial charge in [0.2, 0.25) is 5.91 Å². The number of ether oxygens (including phenoxy) is 1. The molecule has 0 fully saturated rings. The zero-order valence-electron chi connectivity index (χ0n) is 23.4. The van der Waals surface area contributed by atoms with E-state index in [0.717, 1.165) is 38.5 Å². The van der Waals surface area contributed by atoms with Crippen LogP contribution in [0.2, 0.25) is 0 Å². The average molecular weight is 518 g/mol. The van der Waals surface area contributed by atoms with Crippen LogP contribution in [-0.2, 0) is 32.5 Å². The molecular weight excluding hydrogens is 474 g/mol. The van der Waals surface area contributed by atoms with E-state index in [0.29, 0.717) is 12.8 Å². The van der Waals surface area contributed by atoms with Crippen molar-refractivity contribution < 1.29 is 22.7 Å². The minimum Gasteiger partial charge on any atom is -0.495 e. The lowest BCUT2D eigenvalue weighted by Gasteiger charge is -2.27. The molecule has 2 aromatic rings. The van der Waals surface area contributed by atoms with Gasteiger partial charge in [-0.2, -0.15) is 0 Å². The summed E-state index contributed by atoms with van der Waals surface area (Å²) in [6.45, 7) is 14.7. The Morgan fingerprint density at radius 3 is 2.08 bits per heavy atom. The van der Waals surface area contributed by atoms with Crippen LogP contribution in [0.5, 0.6) is 5.75 Å². The first-order valence-corrected chi connectivity index (χ1v) is 14.3. The number of rotatable bonds is 11. The molecule has 0 aliphatic carbocycles. The van der Waals surface area contributed by atoms with Crippen molar-refractivity contribution in [2.75, 3.05) is 13.7 Å². The first kappa shape index (κ1) is 31.4. The number of benzene rings is 2. The van der Waals surface area contributed by atoms with E-state index >= 15 is 0 Å². The van der Waals surface area contributed by atoms with Crippen molar-refractivity contribution in [3.8, 4) is 5.75 Å². The zero-order chi connectivity index (χ0) is 27.6. The number of hydrogen-bond donors (Lipinski definition) is 0. The fourth-order valence-corrected chi connectivity index (χ4v) is 5.62. The first-order chi connectivity index (χ1) is 17.0. The molecule has 0 saturated heterocycles. The minimum absolute atomic E-state index is 0.102. The van der Waals surface area contributed by atoms with Gasteiger partial charge in [0.1, 0.15) is 10.6 Å². The van der Waals surface area contributed by atoms with Crippen LogP contribution in [-0.4, -0.2) is 38.1 Å². The molecule has 0 radical (unpaired) electrons. The lowest BCUT2D eigenvalue weighted by atomic mass is 9.91. The second-order valence-electron chi connectivity index (χ2n) is 8.76. The fourth-order valence-electron chi connectivity index (χ4n) is 3.96. The van der Waals surface area contributed by atoms with Gasteiger partial charge in [0, 0.05) is 12.3 Å². The third-order valence-corrected chi connectivity index (χ3v) is 8.12. The maximum Gasteiger partial charge on any atom is 0.270 e. The quantitative estimate of drug-likeness (QED) is 0.367. The van der Waals surface area contributed by atoms with Crippen LogP contribution in [0.25, 0.3) is 0 Å². The van der Waals surface area contributed by atoms with Gasteiger partial charge in [-0.15, -0.1) is 0 Å². The summed E-state index contributed by atoms with van der Waals surface area (Å²) < 4.78 is 33.7. The lowest BCUT2D eigenvalue weighted by Crippen LogP contribution is -2.44. The van der Waals surface area contributed by atoms with Crippen molar-refractivity contribution in [2.45, 2.75) is 86.0 Å². The molecule has 0 saturated carbocycles. The molecule has 1 unspecified atom stereocenters. The van der Waals surface area contributed by atoms with Crippen LogP contribution in [0, 0.1) is 26.7 Å². The fraction of sp³-hybridized carbons (Fsp3) is 0.517. The molecule has 36 heavy (non-hydrogen) atoms. The van der Waals surface area contributed by atoms with Gasteiger partial charge in [0.05, 0.1) is 13.7 Å². The highest BCUT2D eigenvalue weighted by Crippen LogP contribution is 2.31. The van der Waals surface area contributed by atoms with E-state index in [2.05, 4.69) is 19.1 Å². The predicted octanol–water partition coefficient (Wildman–Crippen LogP) is 5.97. The summed E-state index contributed by atoms with van der Waals surface area (Å²) >= 11 is 0. The summed E-state index contributed by atoms with van der Waals surface area (Å²) in [5.74, 6) is -1.30. The Hall–Kier alpha value is -2.67. The highest BCUT2D eigenvalue weighted by atomic mass is 32.2. The van der Waals surface area contributed by atoms with E-state index in [1.54, 1.807) is 19.9 Å². The molecule has 2 rings (SSSR count). The number of sulfonamides is 1. The van der Waals surface area contributed by atoms with Crippen molar-refractivity contribution in [1.29, 1.82) is 0 Å². The lowest BCUT2D eigenvalue weighted by molar-refractivity contribution is -0.134. The summed E-state index contributed by atoms with van der Waals surface area (Å²) in [6.07, 6.45) is 1.82. The van der Waals surface area contributed by atoms with Crippen LogP contribution in [0.1, 0.15) is 75.3 Å². The van der Waals surface area contributed by atoms with Crippen LogP contribution in [0.4, 0.5) is 0 Å². The van der Waals surface area contributed by atoms with Crippen LogP contribution >= 0.6 is 0 Å². The van der Waals surface area contributed by atoms with Crippen molar-refractivity contribution in [3.05, 3.63) is 58.1 Å². The molecule has 6 nitrogen and oxygen atoms in total. The Balaban J connectivity index is 0.00000316. The molecule has 0 aromatic heterocycles. The summed E-state index contributed by atoms with van der Waals surface area (Å²) in [7, 11) is -2.93. The molecule has 0 N–H and O–H groups in total. The smallest absolute Gasteiger partial charge is 0.270 e. The molecule has 0 heterocycles. The Morgan fingerprint density at radius 1 is 0.944 bits per heavy atom. The number of ketones is 1. The summed E-state index contributed by atoms with van der Waals surface area (Å²) in [5, 5.41) is 0.